The van der Waals surface area contributed by atoms with Crippen LogP contribution >= 0.6 is 0 Å². The van der Waals surface area contributed by atoms with E-state index < -0.39 is 12.1 Å². The normalized spacial score (nSPS) is 24.2. The Kier molecular flexibility index (Phi) is 2.03. The van der Waals surface area contributed by atoms with E-state index in [1.54, 1.807) is 16.9 Å². The molecule has 5 heteroatoms. The number of benzene rings is 1. The van der Waals surface area contributed by atoms with Crippen LogP contribution in [-0.2, 0) is 7.05 Å². The van der Waals surface area contributed by atoms with Crippen molar-refractivity contribution >= 4 is 10.9 Å². The van der Waals surface area contributed by atoms with Gasteiger partial charge in [-0.3, -0.25) is 4.68 Å². The average Bonchev–Trinajstić information content (AvgIpc) is 2.99. The number of hydrogen-bond acceptors (Lipinski definition) is 1. The highest BCUT2D eigenvalue weighted by Crippen LogP contribution is 2.56. The molecule has 2 nitrogen and oxygen atoms in total. The van der Waals surface area contributed by atoms with Crippen LogP contribution in [0, 0.1) is 5.92 Å². The van der Waals surface area contributed by atoms with Gasteiger partial charge in [-0.25, -0.2) is 0 Å². The van der Waals surface area contributed by atoms with Gasteiger partial charge in [-0.1, -0.05) is 6.07 Å². The topological polar surface area (TPSA) is 17.8 Å². The molecule has 1 saturated carbocycles. The smallest absolute Gasteiger partial charge is 0.268 e. The minimum absolute atomic E-state index is 0.218. The van der Waals surface area contributed by atoms with Crippen molar-refractivity contribution in [3.05, 3.63) is 30.0 Å². The maximum atomic E-state index is 12.5. The maximum absolute atomic E-state index is 12.5. The van der Waals surface area contributed by atoms with Crippen molar-refractivity contribution in [2.75, 3.05) is 0 Å². The minimum atomic E-state index is -4.06. The first-order chi connectivity index (χ1) is 7.97. The average molecular weight is 240 g/mol. The van der Waals surface area contributed by atoms with Crippen molar-refractivity contribution in [2.45, 2.75) is 18.5 Å². The second-order valence-electron chi connectivity index (χ2n) is 4.58. The molecule has 0 N–H and O–H groups in total. The van der Waals surface area contributed by atoms with Gasteiger partial charge in [0.2, 0.25) is 0 Å². The number of hydrogen-bond donors (Lipinski definition) is 0. The molecule has 1 aliphatic carbocycles. The van der Waals surface area contributed by atoms with Crippen LogP contribution in [0.25, 0.3) is 10.9 Å². The molecular weight excluding hydrogens is 229 g/mol. The van der Waals surface area contributed by atoms with Crippen LogP contribution < -0.4 is 0 Å². The Morgan fingerprint density at radius 1 is 1.35 bits per heavy atom. The van der Waals surface area contributed by atoms with Crippen molar-refractivity contribution < 1.29 is 13.2 Å². The Morgan fingerprint density at radius 2 is 2.12 bits per heavy atom. The zero-order chi connectivity index (χ0) is 12.2. The largest absolute Gasteiger partial charge is 0.392 e. The first-order valence-electron chi connectivity index (χ1n) is 5.45. The summed E-state index contributed by atoms with van der Waals surface area (Å²) in [5.41, 5.74) is 1.71. The Labute approximate surface area is 96.0 Å². The van der Waals surface area contributed by atoms with Gasteiger partial charge in [0, 0.05) is 12.4 Å². The van der Waals surface area contributed by atoms with Crippen LogP contribution in [0.3, 0.4) is 0 Å². The van der Waals surface area contributed by atoms with Crippen molar-refractivity contribution in [1.82, 2.24) is 9.78 Å². The second-order valence-corrected chi connectivity index (χ2v) is 4.58. The maximum Gasteiger partial charge on any atom is 0.392 e. The fourth-order valence-electron chi connectivity index (χ4n) is 2.34. The number of fused-ring (bicyclic) bond motifs is 1. The van der Waals surface area contributed by atoms with Gasteiger partial charge < -0.3 is 0 Å². The summed E-state index contributed by atoms with van der Waals surface area (Å²) in [6.07, 6.45) is -2.16. The summed E-state index contributed by atoms with van der Waals surface area (Å²) in [5, 5.41) is 4.98. The fraction of sp³-hybridized carbons (Fsp3) is 0.417. The van der Waals surface area contributed by atoms with Crippen LogP contribution in [0.4, 0.5) is 13.2 Å². The molecule has 17 heavy (non-hydrogen) atoms. The summed E-state index contributed by atoms with van der Waals surface area (Å²) in [6, 6.07) is 5.43. The molecule has 0 amide bonds. The molecule has 0 saturated heterocycles. The third kappa shape index (κ3) is 1.69. The van der Waals surface area contributed by atoms with Gasteiger partial charge in [0.15, 0.2) is 0 Å². The van der Waals surface area contributed by atoms with Gasteiger partial charge in [-0.05, 0) is 30.0 Å². The monoisotopic (exact) mass is 240 g/mol. The summed E-state index contributed by atoms with van der Waals surface area (Å²) in [5.74, 6) is -1.52. The van der Waals surface area contributed by atoms with E-state index in [9.17, 15) is 13.2 Å². The van der Waals surface area contributed by atoms with Gasteiger partial charge in [-0.2, -0.15) is 18.3 Å². The Balaban J connectivity index is 1.93. The molecule has 0 spiro atoms. The zero-order valence-electron chi connectivity index (χ0n) is 9.20. The Morgan fingerprint density at radius 3 is 2.76 bits per heavy atom. The van der Waals surface area contributed by atoms with E-state index in [0.29, 0.717) is 0 Å². The summed E-state index contributed by atoms with van der Waals surface area (Å²) < 4.78 is 39.1. The lowest BCUT2D eigenvalue weighted by Gasteiger charge is -2.05. The zero-order valence-corrected chi connectivity index (χ0v) is 9.20. The lowest BCUT2D eigenvalue weighted by Crippen LogP contribution is -2.11. The standard InChI is InChI=1S/C12H11F3N2/c1-17-11-3-2-7(4-8(11)6-16-17)9-5-10(9)12(13,14)15/h2-4,6,9-10H,5H2,1H3. The second kappa shape index (κ2) is 3.24. The molecule has 3 rings (SSSR count). The van der Waals surface area contributed by atoms with Crippen molar-refractivity contribution in [3.8, 4) is 0 Å². The lowest BCUT2D eigenvalue weighted by atomic mass is 10.1. The van der Waals surface area contributed by atoms with Crippen LogP contribution in [0.5, 0.6) is 0 Å². The number of alkyl halides is 3. The highest BCUT2D eigenvalue weighted by atomic mass is 19.4. The first kappa shape index (κ1) is 10.6. The lowest BCUT2D eigenvalue weighted by molar-refractivity contribution is -0.148. The van der Waals surface area contributed by atoms with Gasteiger partial charge in [0.05, 0.1) is 17.6 Å². The van der Waals surface area contributed by atoms with E-state index in [0.717, 1.165) is 16.5 Å². The molecule has 2 unspecified atom stereocenters. The van der Waals surface area contributed by atoms with Crippen molar-refractivity contribution in [1.29, 1.82) is 0 Å². The summed E-state index contributed by atoms with van der Waals surface area (Å²) >= 11 is 0. The van der Waals surface area contributed by atoms with Crippen LogP contribution in [0.1, 0.15) is 17.9 Å². The molecule has 2 aromatic rings. The van der Waals surface area contributed by atoms with E-state index in [1.807, 2.05) is 19.2 Å². The third-order valence-electron chi connectivity index (χ3n) is 3.41. The Hall–Kier alpha value is -1.52. The SMILES string of the molecule is Cn1ncc2cc(C3CC3C(F)(F)F)ccc21. The van der Waals surface area contributed by atoms with Crippen LogP contribution in [0.15, 0.2) is 24.4 Å². The molecule has 90 valence electrons. The fourth-order valence-corrected chi connectivity index (χ4v) is 2.34. The van der Waals surface area contributed by atoms with E-state index in [-0.39, 0.29) is 12.3 Å². The van der Waals surface area contributed by atoms with Gasteiger partial charge >= 0.3 is 6.18 Å². The summed E-state index contributed by atoms with van der Waals surface area (Å²) in [7, 11) is 1.82. The minimum Gasteiger partial charge on any atom is -0.268 e. The molecule has 2 atom stereocenters. The van der Waals surface area contributed by atoms with Gasteiger partial charge in [0.1, 0.15) is 0 Å². The highest BCUT2D eigenvalue weighted by molar-refractivity contribution is 5.79. The van der Waals surface area contributed by atoms with Gasteiger partial charge in [-0.15, -0.1) is 0 Å². The first-order valence-corrected chi connectivity index (χ1v) is 5.45. The van der Waals surface area contributed by atoms with Crippen LogP contribution in [0.2, 0.25) is 0 Å². The highest BCUT2D eigenvalue weighted by Gasteiger charge is 2.56. The summed E-state index contributed by atoms with van der Waals surface area (Å²) in [4.78, 5) is 0. The Bertz CT molecular complexity index is 571. The van der Waals surface area contributed by atoms with E-state index in [1.165, 1.54) is 0 Å². The van der Waals surface area contributed by atoms with Crippen molar-refractivity contribution in [3.63, 3.8) is 0 Å². The van der Waals surface area contributed by atoms with Crippen molar-refractivity contribution in [2.24, 2.45) is 13.0 Å². The van der Waals surface area contributed by atoms with Crippen LogP contribution in [-0.4, -0.2) is 16.0 Å². The molecule has 1 heterocycles. The molecule has 0 aliphatic heterocycles. The third-order valence-corrected chi connectivity index (χ3v) is 3.41. The molecule has 1 aromatic carbocycles. The number of nitrogens with zero attached hydrogens (tertiary/aromatic N) is 2. The predicted molar refractivity (Wildman–Crippen MR) is 57.6 cm³/mol. The quantitative estimate of drug-likeness (QED) is 0.748. The van der Waals surface area contributed by atoms with E-state index in [4.69, 9.17) is 0 Å². The van der Waals surface area contributed by atoms with E-state index >= 15 is 0 Å². The van der Waals surface area contributed by atoms with Gasteiger partial charge in [0.25, 0.3) is 0 Å². The molecule has 1 aliphatic rings. The number of rotatable bonds is 1. The molecule has 0 radical (unpaired) electrons. The number of aryl methyl sites for hydroxylation is 1. The molecular formula is C12H11F3N2. The van der Waals surface area contributed by atoms with E-state index in [2.05, 4.69) is 5.10 Å². The summed E-state index contributed by atoms with van der Waals surface area (Å²) in [6.45, 7) is 0. The molecule has 0 bridgehead atoms. The molecule has 1 fully saturated rings. The number of halogens is 3. The molecule has 1 aromatic heterocycles. The number of aromatic nitrogens is 2. The predicted octanol–water partition coefficient (Wildman–Crippen LogP) is 3.24.